The molecule has 0 spiro atoms. The summed E-state index contributed by atoms with van der Waals surface area (Å²) in [4.78, 5) is 0. The molecule has 0 aromatic rings. The summed E-state index contributed by atoms with van der Waals surface area (Å²) in [5, 5.41) is 8.55. The molecule has 0 aromatic carbocycles. The van der Waals surface area contributed by atoms with E-state index < -0.39 is 0 Å². The van der Waals surface area contributed by atoms with Crippen LogP contribution in [0.3, 0.4) is 0 Å². The third kappa shape index (κ3) is 2.05. The molecule has 0 aromatic heterocycles. The molecule has 9 heavy (non-hydrogen) atoms. The van der Waals surface area contributed by atoms with Crippen molar-refractivity contribution in [1.29, 1.82) is 5.26 Å². The van der Waals surface area contributed by atoms with Gasteiger partial charge in [-0.3, -0.25) is 0 Å². The molecular formula is C8H15N. The number of hydrogen-bond acceptors (Lipinski definition) is 1. The van der Waals surface area contributed by atoms with Crippen LogP contribution in [0.4, 0.5) is 0 Å². The Kier molecular flexibility index (Phi) is 2.70. The van der Waals surface area contributed by atoms with Crippen LogP contribution in [0.5, 0.6) is 0 Å². The minimum Gasteiger partial charge on any atom is -0.198 e. The van der Waals surface area contributed by atoms with Gasteiger partial charge in [-0.25, -0.2) is 0 Å². The van der Waals surface area contributed by atoms with E-state index in [4.69, 9.17) is 5.26 Å². The van der Waals surface area contributed by atoms with Crippen LogP contribution in [0.1, 0.15) is 34.1 Å². The Morgan fingerprint density at radius 2 is 2.00 bits per heavy atom. The molecule has 52 valence electrons. The van der Waals surface area contributed by atoms with Crippen molar-refractivity contribution in [3.8, 4) is 6.07 Å². The molecule has 0 fully saturated rings. The van der Waals surface area contributed by atoms with E-state index in [2.05, 4.69) is 26.8 Å². The van der Waals surface area contributed by atoms with Crippen LogP contribution in [-0.2, 0) is 0 Å². The molecule has 0 rings (SSSR count). The highest BCUT2D eigenvalue weighted by Gasteiger charge is 2.22. The summed E-state index contributed by atoms with van der Waals surface area (Å²) >= 11 is 0. The second-order valence-electron chi connectivity index (χ2n) is 3.19. The molecule has 1 nitrogen and oxygen atoms in total. The molecule has 1 heteroatoms. The lowest BCUT2D eigenvalue weighted by Crippen LogP contribution is -2.18. The number of nitrogens with zero attached hydrogens (tertiary/aromatic N) is 1. The molecular weight excluding hydrogens is 110 g/mol. The molecule has 0 saturated carbocycles. The quantitative estimate of drug-likeness (QED) is 0.556. The van der Waals surface area contributed by atoms with Gasteiger partial charge in [-0.15, -0.1) is 0 Å². The fourth-order valence-electron chi connectivity index (χ4n) is 0.481. The maximum absolute atomic E-state index is 8.55. The van der Waals surface area contributed by atoms with Crippen LogP contribution < -0.4 is 0 Å². The van der Waals surface area contributed by atoms with Crippen LogP contribution in [0, 0.1) is 22.7 Å². The van der Waals surface area contributed by atoms with Gasteiger partial charge in [-0.1, -0.05) is 20.8 Å². The van der Waals surface area contributed by atoms with Crippen LogP contribution in [0.15, 0.2) is 0 Å². The van der Waals surface area contributed by atoms with Gasteiger partial charge in [0.05, 0.1) is 6.07 Å². The average molecular weight is 125 g/mol. The maximum atomic E-state index is 8.55. The lowest BCUT2D eigenvalue weighted by atomic mass is 9.79. The lowest BCUT2D eigenvalue weighted by Gasteiger charge is -2.24. The second kappa shape index (κ2) is 2.87. The predicted molar refractivity (Wildman–Crippen MR) is 38.8 cm³/mol. The Morgan fingerprint density at radius 1 is 1.56 bits per heavy atom. The summed E-state index contributed by atoms with van der Waals surface area (Å²) in [6.45, 7) is 8.35. The van der Waals surface area contributed by atoms with E-state index in [0.29, 0.717) is 0 Å². The molecule has 1 unspecified atom stereocenters. The summed E-state index contributed by atoms with van der Waals surface area (Å²) in [7, 11) is 0. The Morgan fingerprint density at radius 3 is 2.11 bits per heavy atom. The van der Waals surface area contributed by atoms with Gasteiger partial charge in [-0.2, -0.15) is 5.26 Å². The molecule has 0 aliphatic heterocycles. The SMILES string of the molecule is CCC(C)(C)C(C)C#N. The van der Waals surface area contributed by atoms with Crippen LogP contribution >= 0.6 is 0 Å². The summed E-state index contributed by atoms with van der Waals surface area (Å²) in [6, 6.07) is 2.26. The lowest BCUT2D eigenvalue weighted by molar-refractivity contribution is 0.273. The van der Waals surface area contributed by atoms with Crippen molar-refractivity contribution in [3.63, 3.8) is 0 Å². The highest BCUT2D eigenvalue weighted by molar-refractivity contribution is 4.89. The fourth-order valence-corrected chi connectivity index (χ4v) is 0.481. The monoisotopic (exact) mass is 125 g/mol. The van der Waals surface area contributed by atoms with E-state index in [1.807, 2.05) is 6.92 Å². The first-order valence-electron chi connectivity index (χ1n) is 3.44. The van der Waals surface area contributed by atoms with E-state index in [-0.39, 0.29) is 11.3 Å². The van der Waals surface area contributed by atoms with Crippen molar-refractivity contribution in [2.24, 2.45) is 11.3 Å². The van der Waals surface area contributed by atoms with Crippen LogP contribution in [-0.4, -0.2) is 0 Å². The minimum absolute atomic E-state index is 0.169. The summed E-state index contributed by atoms with van der Waals surface area (Å²) in [5.41, 5.74) is 0.189. The molecule has 0 amide bonds. The topological polar surface area (TPSA) is 23.8 Å². The number of rotatable bonds is 2. The van der Waals surface area contributed by atoms with Crippen molar-refractivity contribution in [1.82, 2.24) is 0 Å². The van der Waals surface area contributed by atoms with Gasteiger partial charge < -0.3 is 0 Å². The zero-order valence-corrected chi connectivity index (χ0v) is 6.73. The van der Waals surface area contributed by atoms with Crippen LogP contribution in [0.25, 0.3) is 0 Å². The Balaban J connectivity index is 4.01. The van der Waals surface area contributed by atoms with E-state index in [1.54, 1.807) is 0 Å². The molecule has 0 heterocycles. The average Bonchev–Trinajstić information content (AvgIpc) is 1.86. The highest BCUT2D eigenvalue weighted by Crippen LogP contribution is 2.28. The van der Waals surface area contributed by atoms with Gasteiger partial charge in [-0.05, 0) is 18.8 Å². The molecule has 0 bridgehead atoms. The Hall–Kier alpha value is -0.510. The van der Waals surface area contributed by atoms with Gasteiger partial charge in [0.2, 0.25) is 0 Å². The van der Waals surface area contributed by atoms with E-state index in [9.17, 15) is 0 Å². The van der Waals surface area contributed by atoms with Gasteiger partial charge in [0.25, 0.3) is 0 Å². The third-order valence-corrected chi connectivity index (χ3v) is 2.28. The highest BCUT2D eigenvalue weighted by atomic mass is 14.3. The van der Waals surface area contributed by atoms with E-state index in [1.165, 1.54) is 0 Å². The van der Waals surface area contributed by atoms with Gasteiger partial charge in [0.1, 0.15) is 0 Å². The number of hydrogen-bond donors (Lipinski definition) is 0. The minimum atomic E-state index is 0.169. The largest absolute Gasteiger partial charge is 0.198 e. The first-order valence-corrected chi connectivity index (χ1v) is 3.44. The Labute approximate surface area is 57.7 Å². The maximum Gasteiger partial charge on any atom is 0.0658 e. The molecule has 0 aliphatic rings. The standard InChI is InChI=1S/C8H15N/c1-5-8(3,4)7(2)6-9/h7H,5H2,1-4H3. The van der Waals surface area contributed by atoms with Gasteiger partial charge in [0, 0.05) is 5.92 Å². The van der Waals surface area contributed by atoms with E-state index in [0.717, 1.165) is 6.42 Å². The molecule has 0 saturated heterocycles. The normalized spacial score (nSPS) is 14.6. The van der Waals surface area contributed by atoms with Crippen molar-refractivity contribution in [2.75, 3.05) is 0 Å². The van der Waals surface area contributed by atoms with Crippen molar-refractivity contribution < 1.29 is 0 Å². The number of nitriles is 1. The Bertz CT molecular complexity index is 119. The zero-order valence-electron chi connectivity index (χ0n) is 6.73. The zero-order chi connectivity index (χ0) is 7.49. The molecule has 0 aliphatic carbocycles. The second-order valence-corrected chi connectivity index (χ2v) is 3.19. The van der Waals surface area contributed by atoms with E-state index >= 15 is 0 Å². The van der Waals surface area contributed by atoms with Crippen LogP contribution in [0.2, 0.25) is 0 Å². The van der Waals surface area contributed by atoms with Crippen molar-refractivity contribution in [2.45, 2.75) is 34.1 Å². The predicted octanol–water partition coefficient (Wildman–Crippen LogP) is 2.58. The molecule has 0 N–H and O–H groups in total. The molecule has 0 radical (unpaired) electrons. The van der Waals surface area contributed by atoms with Gasteiger partial charge >= 0.3 is 0 Å². The first-order chi connectivity index (χ1) is 4.04. The summed E-state index contributed by atoms with van der Waals surface area (Å²) < 4.78 is 0. The smallest absolute Gasteiger partial charge is 0.0658 e. The van der Waals surface area contributed by atoms with Gasteiger partial charge in [0.15, 0.2) is 0 Å². The fraction of sp³-hybridized carbons (Fsp3) is 0.875. The third-order valence-electron chi connectivity index (χ3n) is 2.28. The molecule has 1 atom stereocenters. The van der Waals surface area contributed by atoms with Crippen molar-refractivity contribution >= 4 is 0 Å². The van der Waals surface area contributed by atoms with Crippen molar-refractivity contribution in [3.05, 3.63) is 0 Å². The summed E-state index contributed by atoms with van der Waals surface area (Å²) in [6.07, 6.45) is 1.07. The summed E-state index contributed by atoms with van der Waals surface area (Å²) in [5.74, 6) is 0.169. The first kappa shape index (κ1) is 8.49.